The third-order valence-corrected chi connectivity index (χ3v) is 5.41. The lowest BCUT2D eigenvalue weighted by Gasteiger charge is -2.10. The van der Waals surface area contributed by atoms with Gasteiger partial charge in [0.2, 0.25) is 0 Å². The first-order valence-electron chi connectivity index (χ1n) is 10.1. The van der Waals surface area contributed by atoms with Gasteiger partial charge in [-0.25, -0.2) is 4.98 Å². The summed E-state index contributed by atoms with van der Waals surface area (Å²) in [6.07, 6.45) is 12.2. The number of aliphatic hydroxyl groups excluding tert-OH is 1. The molecule has 0 radical (unpaired) electrons. The van der Waals surface area contributed by atoms with Crippen molar-refractivity contribution >= 4 is 26.8 Å². The topological polar surface area (TPSA) is 42.4 Å². The lowest BCUT2D eigenvalue weighted by Crippen LogP contribution is -1.97. The Labute approximate surface area is 166 Å². The number of aromatic nitrogens is 1. The first-order chi connectivity index (χ1) is 12.8. The largest absolute Gasteiger partial charge is 0.492 e. The van der Waals surface area contributed by atoms with Crippen molar-refractivity contribution in [2.45, 2.75) is 71.1 Å². The number of aliphatic hydroxyl groups is 1. The van der Waals surface area contributed by atoms with Gasteiger partial charge >= 0.3 is 0 Å². The van der Waals surface area contributed by atoms with E-state index in [4.69, 9.17) is 14.8 Å². The van der Waals surface area contributed by atoms with Crippen LogP contribution in [0.25, 0.3) is 10.9 Å². The SMILES string of the molecule is CCOc1ccc(Br)c2ccc(CCCCCCCCCCCO)nc12. The van der Waals surface area contributed by atoms with E-state index in [1.165, 1.54) is 51.4 Å². The Balaban J connectivity index is 1.74. The molecule has 1 aromatic heterocycles. The molecule has 0 aliphatic carbocycles. The van der Waals surface area contributed by atoms with Crippen molar-refractivity contribution in [3.63, 3.8) is 0 Å². The fraction of sp³-hybridized carbons (Fsp3) is 0.591. The average molecular weight is 422 g/mol. The molecule has 0 spiro atoms. The van der Waals surface area contributed by atoms with Crippen LogP contribution < -0.4 is 4.74 Å². The van der Waals surface area contributed by atoms with E-state index in [-0.39, 0.29) is 0 Å². The van der Waals surface area contributed by atoms with Gasteiger partial charge < -0.3 is 9.84 Å². The zero-order valence-electron chi connectivity index (χ0n) is 16.0. The number of hydrogen-bond donors (Lipinski definition) is 1. The molecule has 2 aromatic rings. The molecule has 2 rings (SSSR count). The number of nitrogens with zero attached hydrogens (tertiary/aromatic N) is 1. The van der Waals surface area contributed by atoms with Crippen LogP contribution >= 0.6 is 15.9 Å². The van der Waals surface area contributed by atoms with Gasteiger partial charge in [-0.3, -0.25) is 0 Å². The van der Waals surface area contributed by atoms with Gasteiger partial charge in [0.15, 0.2) is 0 Å². The molecular weight excluding hydrogens is 390 g/mol. The highest BCUT2D eigenvalue weighted by Crippen LogP contribution is 2.30. The highest BCUT2D eigenvalue weighted by atomic mass is 79.9. The van der Waals surface area contributed by atoms with Crippen molar-refractivity contribution in [3.05, 3.63) is 34.4 Å². The Morgan fingerprint density at radius 2 is 1.54 bits per heavy atom. The molecule has 0 fully saturated rings. The number of halogens is 1. The van der Waals surface area contributed by atoms with Crippen molar-refractivity contribution in [2.75, 3.05) is 13.2 Å². The Kier molecular flexibility index (Phi) is 10.0. The maximum Gasteiger partial charge on any atom is 0.145 e. The second kappa shape index (κ2) is 12.3. The number of ether oxygens (including phenoxy) is 1. The summed E-state index contributed by atoms with van der Waals surface area (Å²) in [5, 5.41) is 9.87. The quantitative estimate of drug-likeness (QED) is 0.378. The van der Waals surface area contributed by atoms with Gasteiger partial charge in [-0.1, -0.05) is 60.9 Å². The number of aryl methyl sites for hydroxylation is 1. The second-order valence-electron chi connectivity index (χ2n) is 6.83. The summed E-state index contributed by atoms with van der Waals surface area (Å²) in [7, 11) is 0. The van der Waals surface area contributed by atoms with Crippen LogP contribution in [0.5, 0.6) is 5.75 Å². The van der Waals surface area contributed by atoms with Gasteiger partial charge in [0.25, 0.3) is 0 Å². The van der Waals surface area contributed by atoms with Gasteiger partial charge in [0, 0.05) is 22.2 Å². The van der Waals surface area contributed by atoms with Crippen LogP contribution in [0.3, 0.4) is 0 Å². The van der Waals surface area contributed by atoms with Crippen LogP contribution in [0, 0.1) is 0 Å². The van der Waals surface area contributed by atoms with E-state index in [1.807, 2.05) is 19.1 Å². The Hall–Kier alpha value is -1.13. The standard InChI is InChI=1S/C22H32BrNO2/c1-2-26-21-16-15-20(23)19-14-13-18(24-22(19)21)12-10-8-6-4-3-5-7-9-11-17-25/h13-16,25H,2-12,17H2,1H3. The molecule has 1 aromatic carbocycles. The lowest BCUT2D eigenvalue weighted by molar-refractivity contribution is 0.282. The molecule has 26 heavy (non-hydrogen) atoms. The van der Waals surface area contributed by atoms with Crippen LogP contribution in [-0.4, -0.2) is 23.3 Å². The van der Waals surface area contributed by atoms with E-state index in [9.17, 15) is 0 Å². The number of fused-ring (bicyclic) bond motifs is 1. The second-order valence-corrected chi connectivity index (χ2v) is 7.69. The van der Waals surface area contributed by atoms with E-state index in [2.05, 4.69) is 28.1 Å². The summed E-state index contributed by atoms with van der Waals surface area (Å²) < 4.78 is 6.80. The minimum atomic E-state index is 0.339. The fourth-order valence-corrected chi connectivity index (χ4v) is 3.72. The Morgan fingerprint density at radius 3 is 2.19 bits per heavy atom. The third kappa shape index (κ3) is 6.88. The molecule has 0 atom stereocenters. The van der Waals surface area contributed by atoms with Crippen molar-refractivity contribution in [2.24, 2.45) is 0 Å². The predicted molar refractivity (Wildman–Crippen MR) is 113 cm³/mol. The number of hydrogen-bond acceptors (Lipinski definition) is 3. The molecule has 0 aliphatic heterocycles. The lowest BCUT2D eigenvalue weighted by atomic mass is 10.1. The molecule has 0 saturated heterocycles. The van der Waals surface area contributed by atoms with Gasteiger partial charge in [-0.15, -0.1) is 0 Å². The van der Waals surface area contributed by atoms with Crippen LogP contribution in [0.2, 0.25) is 0 Å². The number of benzene rings is 1. The summed E-state index contributed by atoms with van der Waals surface area (Å²) in [5.74, 6) is 0.869. The molecule has 0 saturated carbocycles. The van der Waals surface area contributed by atoms with Crippen molar-refractivity contribution < 1.29 is 9.84 Å². The highest BCUT2D eigenvalue weighted by Gasteiger charge is 2.08. The fourth-order valence-electron chi connectivity index (χ4n) is 3.26. The summed E-state index contributed by atoms with van der Waals surface area (Å²) in [4.78, 5) is 4.85. The number of unbranched alkanes of at least 4 members (excludes halogenated alkanes) is 8. The van der Waals surface area contributed by atoms with Crippen LogP contribution in [0.15, 0.2) is 28.7 Å². The summed E-state index contributed by atoms with van der Waals surface area (Å²) in [5.41, 5.74) is 2.11. The van der Waals surface area contributed by atoms with Crippen LogP contribution in [-0.2, 0) is 6.42 Å². The molecular formula is C22H32BrNO2. The molecule has 0 aliphatic rings. The predicted octanol–water partition coefficient (Wildman–Crippen LogP) is 6.44. The van der Waals surface area contributed by atoms with Crippen molar-refractivity contribution in [3.8, 4) is 5.75 Å². The molecule has 1 N–H and O–H groups in total. The smallest absolute Gasteiger partial charge is 0.145 e. The highest BCUT2D eigenvalue weighted by molar-refractivity contribution is 9.10. The molecule has 3 nitrogen and oxygen atoms in total. The van der Waals surface area contributed by atoms with Gasteiger partial charge in [-0.05, 0) is 50.5 Å². The Bertz CT molecular complexity index is 660. The molecule has 4 heteroatoms. The maximum atomic E-state index is 8.76. The minimum Gasteiger partial charge on any atom is -0.492 e. The molecule has 0 amide bonds. The van der Waals surface area contributed by atoms with E-state index < -0.39 is 0 Å². The Morgan fingerprint density at radius 1 is 0.885 bits per heavy atom. The van der Waals surface area contributed by atoms with E-state index in [0.717, 1.165) is 39.7 Å². The number of pyridine rings is 1. The minimum absolute atomic E-state index is 0.339. The zero-order chi connectivity index (χ0) is 18.6. The molecule has 0 bridgehead atoms. The van der Waals surface area contributed by atoms with Crippen molar-refractivity contribution in [1.82, 2.24) is 4.98 Å². The summed E-state index contributed by atoms with van der Waals surface area (Å²) in [6.45, 7) is 3.00. The van der Waals surface area contributed by atoms with Gasteiger partial charge in [-0.2, -0.15) is 0 Å². The first-order valence-corrected chi connectivity index (χ1v) is 10.9. The van der Waals surface area contributed by atoms with Gasteiger partial charge in [0.1, 0.15) is 11.3 Å². The van der Waals surface area contributed by atoms with Crippen LogP contribution in [0.1, 0.15) is 70.4 Å². The monoisotopic (exact) mass is 421 g/mol. The number of rotatable bonds is 13. The van der Waals surface area contributed by atoms with Crippen LogP contribution in [0.4, 0.5) is 0 Å². The summed E-state index contributed by atoms with van der Waals surface area (Å²) in [6, 6.07) is 8.31. The maximum absolute atomic E-state index is 8.76. The van der Waals surface area contributed by atoms with E-state index in [1.54, 1.807) is 0 Å². The normalized spacial score (nSPS) is 11.2. The average Bonchev–Trinajstić information content (AvgIpc) is 2.66. The first kappa shape index (κ1) is 21.2. The molecule has 1 heterocycles. The molecule has 144 valence electrons. The third-order valence-electron chi connectivity index (χ3n) is 4.72. The zero-order valence-corrected chi connectivity index (χ0v) is 17.6. The van der Waals surface area contributed by atoms with Gasteiger partial charge in [0.05, 0.1) is 6.61 Å². The van der Waals surface area contributed by atoms with Crippen molar-refractivity contribution in [1.29, 1.82) is 0 Å². The van der Waals surface area contributed by atoms with E-state index >= 15 is 0 Å². The van der Waals surface area contributed by atoms with E-state index in [0.29, 0.717) is 13.2 Å². The molecule has 0 unspecified atom stereocenters. The summed E-state index contributed by atoms with van der Waals surface area (Å²) >= 11 is 3.61.